The van der Waals surface area contributed by atoms with Gasteiger partial charge in [0, 0.05) is 11.8 Å². The Morgan fingerprint density at radius 2 is 1.92 bits per heavy atom. The van der Waals surface area contributed by atoms with Gasteiger partial charge in [-0.3, -0.25) is 0 Å². The average molecular weight is 334 g/mol. The molecule has 0 radical (unpaired) electrons. The third-order valence-electron chi connectivity index (χ3n) is 5.18. The van der Waals surface area contributed by atoms with Gasteiger partial charge in [-0.2, -0.15) is 8.75 Å². The van der Waals surface area contributed by atoms with Crippen molar-refractivity contribution in [3.8, 4) is 0 Å². The third-order valence-corrected chi connectivity index (χ3v) is 5.72. The molecule has 0 spiro atoms. The lowest BCUT2D eigenvalue weighted by atomic mass is 9.78. The maximum absolute atomic E-state index is 4.69. The molecule has 0 bridgehead atoms. The third kappa shape index (κ3) is 2.67. The molecule has 0 saturated carbocycles. The van der Waals surface area contributed by atoms with Gasteiger partial charge < -0.3 is 0 Å². The number of aromatic nitrogens is 2. The maximum atomic E-state index is 4.69. The first-order valence-electron chi connectivity index (χ1n) is 8.58. The van der Waals surface area contributed by atoms with Gasteiger partial charge in [0.25, 0.3) is 0 Å². The summed E-state index contributed by atoms with van der Waals surface area (Å²) in [5, 5.41) is 0. The zero-order valence-electron chi connectivity index (χ0n) is 14.4. The first kappa shape index (κ1) is 15.5. The smallest absolute Gasteiger partial charge is 0.104 e. The van der Waals surface area contributed by atoms with E-state index >= 15 is 0 Å². The highest BCUT2D eigenvalue weighted by molar-refractivity contribution is 6.99. The molecule has 0 amide bonds. The lowest BCUT2D eigenvalue weighted by Gasteiger charge is -2.26. The largest absolute Gasteiger partial charge is 0.177 e. The number of benzene rings is 1. The van der Waals surface area contributed by atoms with Crippen molar-refractivity contribution in [1.29, 1.82) is 0 Å². The molecule has 24 heavy (non-hydrogen) atoms. The van der Waals surface area contributed by atoms with Gasteiger partial charge in [0.05, 0.1) is 17.4 Å². The highest BCUT2D eigenvalue weighted by atomic mass is 32.1. The molecule has 3 heteroatoms. The highest BCUT2D eigenvalue weighted by Crippen LogP contribution is 2.42. The predicted molar refractivity (Wildman–Crippen MR) is 101 cm³/mol. The van der Waals surface area contributed by atoms with E-state index < -0.39 is 0 Å². The molecule has 0 aliphatic heterocycles. The fraction of sp³-hybridized carbons (Fsp3) is 0.333. The number of rotatable bonds is 2. The SMILES string of the molecule is CC1=CCC(C2=CCC(c3ccc(C)cc3C)c3nsnc32)C=C1. The minimum Gasteiger partial charge on any atom is -0.177 e. The fourth-order valence-corrected chi connectivity index (χ4v) is 4.48. The van der Waals surface area contributed by atoms with E-state index in [1.54, 1.807) is 0 Å². The van der Waals surface area contributed by atoms with E-state index in [9.17, 15) is 0 Å². The van der Waals surface area contributed by atoms with Gasteiger partial charge in [-0.15, -0.1) is 0 Å². The van der Waals surface area contributed by atoms with E-state index in [-0.39, 0.29) is 0 Å². The minimum atomic E-state index is 0.341. The molecule has 1 heterocycles. The zero-order chi connectivity index (χ0) is 16.7. The molecule has 2 nitrogen and oxygen atoms in total. The van der Waals surface area contributed by atoms with Crippen LogP contribution in [0.25, 0.3) is 5.57 Å². The van der Waals surface area contributed by atoms with Crippen molar-refractivity contribution in [2.24, 2.45) is 5.92 Å². The summed E-state index contributed by atoms with van der Waals surface area (Å²) in [5.74, 6) is 0.782. The Balaban J connectivity index is 1.70. The molecular formula is C21H22N2S. The summed E-state index contributed by atoms with van der Waals surface area (Å²) >= 11 is 1.35. The Morgan fingerprint density at radius 3 is 2.67 bits per heavy atom. The van der Waals surface area contributed by atoms with E-state index in [2.05, 4.69) is 72.0 Å². The Labute approximate surface area is 148 Å². The van der Waals surface area contributed by atoms with Crippen LogP contribution in [0, 0.1) is 19.8 Å². The van der Waals surface area contributed by atoms with E-state index in [0.29, 0.717) is 11.8 Å². The predicted octanol–water partition coefficient (Wildman–Crippen LogP) is 5.60. The summed E-state index contributed by atoms with van der Waals surface area (Å²) in [6, 6.07) is 6.74. The van der Waals surface area contributed by atoms with Crippen LogP contribution in [0.5, 0.6) is 0 Å². The van der Waals surface area contributed by atoms with Crippen molar-refractivity contribution in [2.45, 2.75) is 39.5 Å². The van der Waals surface area contributed by atoms with E-state index in [0.717, 1.165) is 18.5 Å². The normalized spacial score (nSPS) is 22.8. The minimum absolute atomic E-state index is 0.341. The lowest BCUT2D eigenvalue weighted by molar-refractivity contribution is 0.751. The average Bonchev–Trinajstić information content (AvgIpc) is 3.05. The molecule has 2 aliphatic rings. The molecule has 0 saturated heterocycles. The number of hydrogen-bond acceptors (Lipinski definition) is 3. The second-order valence-electron chi connectivity index (χ2n) is 6.96. The first-order valence-corrected chi connectivity index (χ1v) is 9.31. The van der Waals surface area contributed by atoms with Crippen LogP contribution in [0.2, 0.25) is 0 Å². The van der Waals surface area contributed by atoms with Crippen molar-refractivity contribution < 1.29 is 0 Å². The van der Waals surface area contributed by atoms with Gasteiger partial charge >= 0.3 is 0 Å². The molecule has 122 valence electrons. The van der Waals surface area contributed by atoms with Crippen LogP contribution in [0.1, 0.15) is 53.8 Å². The number of nitrogens with zero attached hydrogens (tertiary/aromatic N) is 2. The molecule has 1 aromatic heterocycles. The number of aryl methyl sites for hydroxylation is 2. The Bertz CT molecular complexity index is 870. The first-order chi connectivity index (χ1) is 11.6. The summed E-state index contributed by atoms with van der Waals surface area (Å²) in [7, 11) is 0. The quantitative estimate of drug-likeness (QED) is 0.715. The van der Waals surface area contributed by atoms with Crippen molar-refractivity contribution >= 4 is 17.3 Å². The van der Waals surface area contributed by atoms with Gasteiger partial charge in [0.2, 0.25) is 0 Å². The summed E-state index contributed by atoms with van der Waals surface area (Å²) < 4.78 is 9.35. The van der Waals surface area contributed by atoms with Crippen LogP contribution in [0.15, 0.2) is 48.1 Å². The Kier molecular flexibility index (Phi) is 3.97. The summed E-state index contributed by atoms with van der Waals surface area (Å²) in [5.41, 5.74) is 9.07. The summed E-state index contributed by atoms with van der Waals surface area (Å²) in [6.45, 7) is 6.52. The van der Waals surface area contributed by atoms with Gasteiger partial charge in [0.1, 0.15) is 5.69 Å². The summed E-state index contributed by atoms with van der Waals surface area (Å²) in [6.07, 6.45) is 11.4. The number of allylic oxidation sites excluding steroid dienone is 6. The second kappa shape index (κ2) is 6.14. The van der Waals surface area contributed by atoms with Crippen molar-refractivity contribution in [3.05, 3.63) is 76.2 Å². The van der Waals surface area contributed by atoms with Gasteiger partial charge in [-0.05, 0) is 50.3 Å². The van der Waals surface area contributed by atoms with Gasteiger partial charge in [0.15, 0.2) is 0 Å². The van der Waals surface area contributed by atoms with Crippen LogP contribution < -0.4 is 0 Å². The second-order valence-corrected chi connectivity index (χ2v) is 7.48. The van der Waals surface area contributed by atoms with Crippen LogP contribution in [0.3, 0.4) is 0 Å². The molecule has 2 aromatic rings. The Morgan fingerprint density at radius 1 is 1.04 bits per heavy atom. The van der Waals surface area contributed by atoms with Gasteiger partial charge in [-0.25, -0.2) is 0 Å². The molecule has 2 aliphatic carbocycles. The molecule has 2 unspecified atom stereocenters. The van der Waals surface area contributed by atoms with Gasteiger partial charge in [-0.1, -0.05) is 53.6 Å². The summed E-state index contributed by atoms with van der Waals surface area (Å²) in [4.78, 5) is 0. The lowest BCUT2D eigenvalue weighted by Crippen LogP contribution is -2.14. The standard InChI is InChI=1S/C21H22N2S/c1-13-4-7-16(8-5-13)18-10-11-19(21-20(18)22-24-23-21)17-9-6-14(2)12-15(17)3/h4-7,9-10,12,16,19H,8,11H2,1-3H3. The van der Waals surface area contributed by atoms with Crippen molar-refractivity contribution in [1.82, 2.24) is 8.75 Å². The van der Waals surface area contributed by atoms with Crippen LogP contribution in [-0.2, 0) is 0 Å². The number of fused-ring (bicyclic) bond motifs is 1. The Hall–Kier alpha value is -2.00. The van der Waals surface area contributed by atoms with E-state index in [4.69, 9.17) is 0 Å². The number of hydrogen-bond donors (Lipinski definition) is 0. The molecule has 1 aromatic carbocycles. The van der Waals surface area contributed by atoms with Crippen molar-refractivity contribution in [2.75, 3.05) is 0 Å². The van der Waals surface area contributed by atoms with Crippen LogP contribution in [-0.4, -0.2) is 8.75 Å². The molecule has 4 rings (SSSR count). The fourth-order valence-electron chi connectivity index (χ4n) is 3.85. The highest BCUT2D eigenvalue weighted by Gasteiger charge is 2.30. The van der Waals surface area contributed by atoms with Crippen LogP contribution in [0.4, 0.5) is 0 Å². The molecule has 0 fully saturated rings. The zero-order valence-corrected chi connectivity index (χ0v) is 15.2. The molecule has 2 atom stereocenters. The van der Waals surface area contributed by atoms with E-state index in [1.165, 1.54) is 45.3 Å². The van der Waals surface area contributed by atoms with Crippen molar-refractivity contribution in [3.63, 3.8) is 0 Å². The molecular weight excluding hydrogens is 312 g/mol. The monoisotopic (exact) mass is 334 g/mol. The van der Waals surface area contributed by atoms with E-state index in [1.807, 2.05) is 0 Å². The van der Waals surface area contributed by atoms with Crippen LogP contribution >= 0.6 is 11.7 Å². The molecule has 0 N–H and O–H groups in total. The topological polar surface area (TPSA) is 25.8 Å². The maximum Gasteiger partial charge on any atom is 0.104 e.